The van der Waals surface area contributed by atoms with Crippen LogP contribution in [0.15, 0.2) is 17.6 Å². The molecule has 2 aliphatic heterocycles. The third kappa shape index (κ3) is 2.72. The van der Waals surface area contributed by atoms with Crippen molar-refractivity contribution in [1.82, 2.24) is 15.6 Å². The Kier molecular flexibility index (Phi) is 3.77. The Morgan fingerprint density at radius 1 is 1.52 bits per heavy atom. The molecular formula is C17H17N3O2S. The highest BCUT2D eigenvalue weighted by Crippen LogP contribution is 2.29. The number of pyridine rings is 1. The summed E-state index contributed by atoms with van der Waals surface area (Å²) in [7, 11) is 0. The van der Waals surface area contributed by atoms with Crippen molar-refractivity contribution in [3.8, 4) is 11.8 Å². The van der Waals surface area contributed by atoms with Crippen LogP contribution in [-0.4, -0.2) is 40.7 Å². The molecule has 2 bridgehead atoms. The molecule has 0 spiro atoms. The number of carbonyl (C=O) groups is 1. The zero-order valence-corrected chi connectivity index (χ0v) is 13.3. The van der Waals surface area contributed by atoms with E-state index in [-0.39, 0.29) is 18.6 Å². The van der Waals surface area contributed by atoms with Crippen molar-refractivity contribution in [2.24, 2.45) is 0 Å². The van der Waals surface area contributed by atoms with E-state index in [1.807, 2.05) is 5.38 Å². The normalized spacial score (nSPS) is 25.3. The molecule has 0 aliphatic carbocycles. The summed E-state index contributed by atoms with van der Waals surface area (Å²) in [5, 5.41) is 18.3. The van der Waals surface area contributed by atoms with Gasteiger partial charge in [0.1, 0.15) is 12.3 Å². The smallest absolute Gasteiger partial charge is 0.270 e. The lowest BCUT2D eigenvalue weighted by molar-refractivity contribution is 0.0926. The van der Waals surface area contributed by atoms with Crippen molar-refractivity contribution < 1.29 is 9.90 Å². The van der Waals surface area contributed by atoms with Gasteiger partial charge in [-0.15, -0.1) is 11.3 Å². The van der Waals surface area contributed by atoms with Gasteiger partial charge in [-0.1, -0.05) is 11.8 Å². The van der Waals surface area contributed by atoms with E-state index in [2.05, 4.69) is 27.5 Å². The number of aromatic nitrogens is 1. The highest BCUT2D eigenvalue weighted by molar-refractivity contribution is 7.17. The second-order valence-electron chi connectivity index (χ2n) is 6.04. The summed E-state index contributed by atoms with van der Waals surface area (Å²) in [6.45, 7) is -0.174. The van der Waals surface area contributed by atoms with E-state index >= 15 is 0 Å². The van der Waals surface area contributed by atoms with Crippen LogP contribution in [0, 0.1) is 11.8 Å². The van der Waals surface area contributed by atoms with Gasteiger partial charge < -0.3 is 15.7 Å². The summed E-state index contributed by atoms with van der Waals surface area (Å²) in [5.41, 5.74) is 1.25. The molecule has 0 unspecified atom stereocenters. The molecule has 2 saturated heterocycles. The molecule has 3 N–H and O–H groups in total. The van der Waals surface area contributed by atoms with Crippen molar-refractivity contribution in [3.05, 3.63) is 28.9 Å². The molecule has 2 aromatic heterocycles. The molecule has 0 radical (unpaired) electrons. The maximum absolute atomic E-state index is 12.5. The first kappa shape index (κ1) is 14.6. The van der Waals surface area contributed by atoms with Crippen LogP contribution in [0.25, 0.3) is 10.1 Å². The number of nitrogens with one attached hydrogen (secondary N) is 2. The van der Waals surface area contributed by atoms with Crippen molar-refractivity contribution >= 4 is 27.3 Å². The first-order valence-electron chi connectivity index (χ1n) is 7.78. The molecular weight excluding hydrogens is 310 g/mol. The van der Waals surface area contributed by atoms with Crippen LogP contribution in [0.3, 0.4) is 0 Å². The Balaban J connectivity index is 1.57. The molecule has 2 aromatic rings. The predicted molar refractivity (Wildman–Crippen MR) is 89.4 cm³/mol. The minimum absolute atomic E-state index is 0.126. The quantitative estimate of drug-likeness (QED) is 0.726. The molecule has 118 valence electrons. The van der Waals surface area contributed by atoms with Gasteiger partial charge in [0.2, 0.25) is 0 Å². The van der Waals surface area contributed by atoms with Gasteiger partial charge >= 0.3 is 0 Å². The SMILES string of the molecule is O=C(N[C@@H]1C[C@H]2CC[C@@H]1N2)c1cc2c(C#CCO)csc2cn1. The molecule has 4 rings (SSSR count). The van der Waals surface area contributed by atoms with Gasteiger partial charge in [-0.05, 0) is 25.3 Å². The third-order valence-corrected chi connectivity index (χ3v) is 5.55. The number of hydrogen-bond acceptors (Lipinski definition) is 5. The first-order chi connectivity index (χ1) is 11.2. The van der Waals surface area contributed by atoms with Crippen LogP contribution in [0.2, 0.25) is 0 Å². The molecule has 23 heavy (non-hydrogen) atoms. The number of rotatable bonds is 2. The van der Waals surface area contributed by atoms with E-state index in [0.717, 1.165) is 28.5 Å². The molecule has 2 aliphatic rings. The van der Waals surface area contributed by atoms with Crippen LogP contribution in [0.5, 0.6) is 0 Å². The molecule has 2 fully saturated rings. The summed E-state index contributed by atoms with van der Waals surface area (Å²) < 4.78 is 0.991. The maximum atomic E-state index is 12.5. The van der Waals surface area contributed by atoms with E-state index in [4.69, 9.17) is 5.11 Å². The average Bonchev–Trinajstić information content (AvgIpc) is 3.27. The Morgan fingerprint density at radius 2 is 2.43 bits per heavy atom. The highest BCUT2D eigenvalue weighted by atomic mass is 32.1. The number of hydrogen-bond donors (Lipinski definition) is 3. The fourth-order valence-electron chi connectivity index (χ4n) is 3.51. The van der Waals surface area contributed by atoms with Gasteiger partial charge in [0.25, 0.3) is 5.91 Å². The monoisotopic (exact) mass is 327 g/mol. The summed E-state index contributed by atoms with van der Waals surface area (Å²) >= 11 is 1.54. The van der Waals surface area contributed by atoms with Crippen LogP contribution in [0.4, 0.5) is 0 Å². The largest absolute Gasteiger partial charge is 0.384 e. The third-order valence-electron chi connectivity index (χ3n) is 4.61. The zero-order chi connectivity index (χ0) is 15.8. The van der Waals surface area contributed by atoms with Crippen molar-refractivity contribution in [2.45, 2.75) is 37.4 Å². The van der Waals surface area contributed by atoms with E-state index < -0.39 is 0 Å². The summed E-state index contributed by atoms with van der Waals surface area (Å²) in [5.74, 6) is 5.44. The first-order valence-corrected chi connectivity index (χ1v) is 8.66. The lowest BCUT2D eigenvalue weighted by Gasteiger charge is -2.21. The number of aliphatic hydroxyl groups excluding tert-OH is 1. The van der Waals surface area contributed by atoms with Crippen LogP contribution < -0.4 is 10.6 Å². The summed E-state index contributed by atoms with van der Waals surface area (Å²) in [4.78, 5) is 16.8. The predicted octanol–water partition coefficient (Wildman–Crippen LogP) is 1.26. The van der Waals surface area contributed by atoms with Gasteiger partial charge in [0, 0.05) is 40.7 Å². The number of carbonyl (C=O) groups excluding carboxylic acids is 1. The minimum Gasteiger partial charge on any atom is -0.384 e. The zero-order valence-electron chi connectivity index (χ0n) is 12.5. The standard InChI is InChI=1S/C17H17N3O2S/c21-5-1-2-10-9-23-16-8-18-15(7-12(10)16)17(22)20-14-6-11-3-4-13(14)19-11/h7-9,11,13-14,19,21H,3-6H2,(H,20,22)/t11-,13+,14-/m1/s1. The van der Waals surface area contributed by atoms with Crippen LogP contribution >= 0.6 is 11.3 Å². The molecule has 5 nitrogen and oxygen atoms in total. The van der Waals surface area contributed by atoms with E-state index in [0.29, 0.717) is 17.8 Å². The van der Waals surface area contributed by atoms with Crippen LogP contribution in [-0.2, 0) is 0 Å². The van der Waals surface area contributed by atoms with Gasteiger partial charge in [0.15, 0.2) is 0 Å². The second-order valence-corrected chi connectivity index (χ2v) is 6.95. The van der Waals surface area contributed by atoms with E-state index in [1.54, 1.807) is 12.3 Å². The second kappa shape index (κ2) is 5.93. The van der Waals surface area contributed by atoms with Gasteiger partial charge in [0.05, 0.1) is 4.70 Å². The molecule has 0 saturated carbocycles. The lowest BCUT2D eigenvalue weighted by Crippen LogP contribution is -2.43. The van der Waals surface area contributed by atoms with Gasteiger partial charge in [-0.2, -0.15) is 0 Å². The maximum Gasteiger partial charge on any atom is 0.270 e. The minimum atomic E-state index is -0.174. The highest BCUT2D eigenvalue weighted by Gasteiger charge is 2.39. The Hall–Kier alpha value is -1.94. The van der Waals surface area contributed by atoms with E-state index in [1.165, 1.54) is 17.8 Å². The number of fused-ring (bicyclic) bond motifs is 3. The fraction of sp³-hybridized carbons (Fsp3) is 0.412. The van der Waals surface area contributed by atoms with Crippen LogP contribution in [0.1, 0.15) is 35.3 Å². The Bertz CT molecular complexity index is 820. The molecule has 0 aromatic carbocycles. The summed E-state index contributed by atoms with van der Waals surface area (Å²) in [6, 6.07) is 2.95. The Labute approximate surface area is 138 Å². The molecule has 3 atom stereocenters. The average molecular weight is 327 g/mol. The molecule has 1 amide bonds. The molecule has 6 heteroatoms. The topological polar surface area (TPSA) is 74.2 Å². The number of thiophene rings is 1. The van der Waals surface area contributed by atoms with Crippen molar-refractivity contribution in [3.63, 3.8) is 0 Å². The van der Waals surface area contributed by atoms with Gasteiger partial charge in [-0.3, -0.25) is 4.79 Å². The number of amides is 1. The Morgan fingerprint density at radius 3 is 3.17 bits per heavy atom. The number of aliphatic hydroxyl groups is 1. The fourth-order valence-corrected chi connectivity index (χ4v) is 4.35. The molecule has 4 heterocycles. The van der Waals surface area contributed by atoms with Crippen molar-refractivity contribution in [2.75, 3.05) is 6.61 Å². The van der Waals surface area contributed by atoms with Crippen molar-refractivity contribution in [1.29, 1.82) is 0 Å². The lowest BCUT2D eigenvalue weighted by atomic mass is 9.95. The number of nitrogens with zero attached hydrogens (tertiary/aromatic N) is 1. The van der Waals surface area contributed by atoms with E-state index in [9.17, 15) is 4.79 Å². The van der Waals surface area contributed by atoms with Gasteiger partial charge in [-0.25, -0.2) is 4.98 Å². The summed E-state index contributed by atoms with van der Waals surface area (Å²) in [6.07, 6.45) is 5.07.